The molecular formula is C13H20N2O2. The molecule has 17 heavy (non-hydrogen) atoms. The van der Waals surface area contributed by atoms with Gasteiger partial charge in [0.2, 0.25) is 5.88 Å². The van der Waals surface area contributed by atoms with Crippen molar-refractivity contribution in [2.24, 2.45) is 5.92 Å². The number of aliphatic hydroxyl groups excluding tert-OH is 1. The second-order valence-electron chi connectivity index (χ2n) is 4.60. The molecule has 2 N–H and O–H groups in total. The summed E-state index contributed by atoms with van der Waals surface area (Å²) >= 11 is 0. The third-order valence-corrected chi connectivity index (χ3v) is 3.36. The van der Waals surface area contributed by atoms with Gasteiger partial charge in [-0.1, -0.05) is 12.5 Å². The summed E-state index contributed by atoms with van der Waals surface area (Å²) in [6.07, 6.45) is 4.94. The van der Waals surface area contributed by atoms with Gasteiger partial charge in [0, 0.05) is 25.4 Å². The van der Waals surface area contributed by atoms with E-state index in [1.165, 1.54) is 0 Å². The first-order chi connectivity index (χ1) is 8.29. The summed E-state index contributed by atoms with van der Waals surface area (Å²) in [5.74, 6) is 1.06. The molecule has 1 fully saturated rings. The van der Waals surface area contributed by atoms with E-state index in [-0.39, 0.29) is 6.10 Å². The molecule has 4 heteroatoms. The van der Waals surface area contributed by atoms with Gasteiger partial charge < -0.3 is 15.2 Å². The lowest BCUT2D eigenvalue weighted by atomic mass is 10.1. The summed E-state index contributed by atoms with van der Waals surface area (Å²) < 4.78 is 5.00. The lowest BCUT2D eigenvalue weighted by molar-refractivity contribution is 0.131. The number of hydrogen-bond acceptors (Lipinski definition) is 4. The van der Waals surface area contributed by atoms with E-state index in [9.17, 15) is 5.11 Å². The number of aliphatic hydroxyl groups is 1. The van der Waals surface area contributed by atoms with Crippen LogP contribution in [0.25, 0.3) is 0 Å². The molecule has 2 rings (SSSR count). The SMILES string of the molecule is COc1ccc(CNCC2CCCC2O)cn1. The summed E-state index contributed by atoms with van der Waals surface area (Å²) in [4.78, 5) is 4.15. The van der Waals surface area contributed by atoms with Crippen LogP contribution in [0.15, 0.2) is 18.3 Å². The van der Waals surface area contributed by atoms with Gasteiger partial charge in [0.25, 0.3) is 0 Å². The Morgan fingerprint density at radius 1 is 1.47 bits per heavy atom. The normalized spacial score (nSPS) is 23.9. The number of rotatable bonds is 5. The zero-order valence-electron chi connectivity index (χ0n) is 10.2. The number of ether oxygens (including phenoxy) is 1. The number of aromatic nitrogens is 1. The molecule has 1 aliphatic rings. The lowest BCUT2D eigenvalue weighted by Crippen LogP contribution is -2.27. The fourth-order valence-corrected chi connectivity index (χ4v) is 2.29. The average molecular weight is 236 g/mol. The Morgan fingerprint density at radius 2 is 2.35 bits per heavy atom. The van der Waals surface area contributed by atoms with E-state index in [2.05, 4.69) is 10.3 Å². The quantitative estimate of drug-likeness (QED) is 0.810. The maximum Gasteiger partial charge on any atom is 0.212 e. The van der Waals surface area contributed by atoms with E-state index in [1.807, 2.05) is 18.3 Å². The number of nitrogens with one attached hydrogen (secondary N) is 1. The summed E-state index contributed by atoms with van der Waals surface area (Å²) in [6, 6.07) is 3.87. The van der Waals surface area contributed by atoms with Gasteiger partial charge in [0.1, 0.15) is 0 Å². The standard InChI is InChI=1S/C13H20N2O2/c1-17-13-6-5-10(8-15-13)7-14-9-11-3-2-4-12(11)16/h5-6,8,11-12,14,16H,2-4,7,9H2,1H3. The fourth-order valence-electron chi connectivity index (χ4n) is 2.29. The van der Waals surface area contributed by atoms with Crippen LogP contribution in [0.2, 0.25) is 0 Å². The molecule has 2 unspecified atom stereocenters. The molecule has 4 nitrogen and oxygen atoms in total. The van der Waals surface area contributed by atoms with E-state index in [0.29, 0.717) is 11.8 Å². The topological polar surface area (TPSA) is 54.4 Å². The van der Waals surface area contributed by atoms with Gasteiger partial charge in [0.05, 0.1) is 13.2 Å². The molecule has 1 saturated carbocycles. The van der Waals surface area contributed by atoms with Gasteiger partial charge in [0.15, 0.2) is 0 Å². The Balaban J connectivity index is 1.73. The minimum absolute atomic E-state index is 0.114. The Hall–Kier alpha value is -1.13. The average Bonchev–Trinajstić information content (AvgIpc) is 2.76. The molecule has 1 aromatic rings. The smallest absolute Gasteiger partial charge is 0.212 e. The highest BCUT2D eigenvalue weighted by atomic mass is 16.5. The molecule has 1 heterocycles. The van der Waals surface area contributed by atoms with E-state index < -0.39 is 0 Å². The Bertz CT molecular complexity index is 340. The largest absolute Gasteiger partial charge is 0.481 e. The highest BCUT2D eigenvalue weighted by Gasteiger charge is 2.24. The second-order valence-corrected chi connectivity index (χ2v) is 4.60. The third-order valence-electron chi connectivity index (χ3n) is 3.36. The summed E-state index contributed by atoms with van der Waals surface area (Å²) in [5.41, 5.74) is 1.14. The van der Waals surface area contributed by atoms with Crippen LogP contribution in [0.1, 0.15) is 24.8 Å². The molecule has 0 radical (unpaired) electrons. The van der Waals surface area contributed by atoms with E-state index >= 15 is 0 Å². The predicted molar refractivity (Wildman–Crippen MR) is 65.8 cm³/mol. The van der Waals surface area contributed by atoms with Gasteiger partial charge in [-0.15, -0.1) is 0 Å². The van der Waals surface area contributed by atoms with Crippen molar-refractivity contribution in [2.45, 2.75) is 31.9 Å². The number of nitrogens with zero attached hydrogens (tertiary/aromatic N) is 1. The van der Waals surface area contributed by atoms with Crippen molar-refractivity contribution >= 4 is 0 Å². The maximum absolute atomic E-state index is 9.69. The molecule has 0 amide bonds. The molecule has 0 bridgehead atoms. The van der Waals surface area contributed by atoms with Crippen LogP contribution in [0.5, 0.6) is 5.88 Å². The zero-order chi connectivity index (χ0) is 12.1. The zero-order valence-corrected chi connectivity index (χ0v) is 10.2. The molecule has 0 spiro atoms. The number of methoxy groups -OCH3 is 1. The highest BCUT2D eigenvalue weighted by molar-refractivity contribution is 5.17. The van der Waals surface area contributed by atoms with Crippen molar-refractivity contribution in [1.82, 2.24) is 10.3 Å². The summed E-state index contributed by atoms with van der Waals surface area (Å²) in [7, 11) is 1.61. The van der Waals surface area contributed by atoms with Crippen LogP contribution < -0.4 is 10.1 Å². The minimum atomic E-state index is -0.114. The molecule has 0 aromatic carbocycles. The van der Waals surface area contributed by atoms with E-state index in [4.69, 9.17) is 4.74 Å². The van der Waals surface area contributed by atoms with Gasteiger partial charge in [-0.2, -0.15) is 0 Å². The molecule has 0 aliphatic heterocycles. The molecule has 2 atom stereocenters. The molecule has 1 aromatic heterocycles. The Labute approximate surface area is 102 Å². The first-order valence-electron chi connectivity index (χ1n) is 6.17. The van der Waals surface area contributed by atoms with Crippen LogP contribution >= 0.6 is 0 Å². The van der Waals surface area contributed by atoms with Crippen LogP contribution in [0, 0.1) is 5.92 Å². The Morgan fingerprint density at radius 3 is 2.94 bits per heavy atom. The fraction of sp³-hybridized carbons (Fsp3) is 0.615. The first-order valence-corrected chi connectivity index (χ1v) is 6.17. The maximum atomic E-state index is 9.69. The predicted octanol–water partition coefficient (Wildman–Crippen LogP) is 1.34. The van der Waals surface area contributed by atoms with Crippen LogP contribution in [0.4, 0.5) is 0 Å². The summed E-state index contributed by atoms with van der Waals surface area (Å²) in [6.45, 7) is 1.67. The number of hydrogen-bond donors (Lipinski definition) is 2. The summed E-state index contributed by atoms with van der Waals surface area (Å²) in [5, 5.41) is 13.1. The molecule has 0 saturated heterocycles. The lowest BCUT2D eigenvalue weighted by Gasteiger charge is -2.15. The van der Waals surface area contributed by atoms with E-state index in [0.717, 1.165) is 37.9 Å². The van der Waals surface area contributed by atoms with Crippen molar-refractivity contribution in [2.75, 3.05) is 13.7 Å². The van der Waals surface area contributed by atoms with Crippen molar-refractivity contribution in [1.29, 1.82) is 0 Å². The van der Waals surface area contributed by atoms with Crippen molar-refractivity contribution < 1.29 is 9.84 Å². The van der Waals surface area contributed by atoms with Gasteiger partial charge in [-0.05, 0) is 24.3 Å². The second kappa shape index (κ2) is 5.98. The van der Waals surface area contributed by atoms with Crippen molar-refractivity contribution in [3.63, 3.8) is 0 Å². The van der Waals surface area contributed by atoms with Gasteiger partial charge >= 0.3 is 0 Å². The van der Waals surface area contributed by atoms with Crippen LogP contribution in [-0.4, -0.2) is 29.8 Å². The molecule has 1 aliphatic carbocycles. The van der Waals surface area contributed by atoms with Crippen LogP contribution in [0.3, 0.4) is 0 Å². The molecular weight excluding hydrogens is 216 g/mol. The minimum Gasteiger partial charge on any atom is -0.481 e. The van der Waals surface area contributed by atoms with E-state index in [1.54, 1.807) is 7.11 Å². The van der Waals surface area contributed by atoms with Crippen molar-refractivity contribution in [3.05, 3.63) is 23.9 Å². The van der Waals surface area contributed by atoms with Crippen molar-refractivity contribution in [3.8, 4) is 5.88 Å². The third kappa shape index (κ3) is 3.41. The highest BCUT2D eigenvalue weighted by Crippen LogP contribution is 2.24. The Kier molecular flexibility index (Phi) is 4.34. The van der Waals surface area contributed by atoms with Crippen LogP contribution in [-0.2, 0) is 6.54 Å². The van der Waals surface area contributed by atoms with Gasteiger partial charge in [-0.3, -0.25) is 0 Å². The number of pyridine rings is 1. The van der Waals surface area contributed by atoms with Gasteiger partial charge in [-0.25, -0.2) is 4.98 Å². The molecule has 94 valence electrons. The monoisotopic (exact) mass is 236 g/mol. The first kappa shape index (κ1) is 12.3.